The van der Waals surface area contributed by atoms with Crippen LogP contribution in [-0.4, -0.2) is 33.8 Å². The number of alkyl halides is 3. The van der Waals surface area contributed by atoms with Gasteiger partial charge in [0.2, 0.25) is 0 Å². The molecular weight excluding hydrogens is 410 g/mol. The fourth-order valence-electron chi connectivity index (χ4n) is 2.22. The van der Waals surface area contributed by atoms with Gasteiger partial charge >= 0.3 is 15.6 Å². The summed E-state index contributed by atoms with van der Waals surface area (Å²) in [7, 11) is -4.68. The first-order chi connectivity index (χ1) is 10.6. The SMILES string of the molecule is CNC(OS(=O)(=O)C(F)(F)F)C1OCCc2c(Br)ccc(F)c21. The number of hydrogen-bond acceptors (Lipinski definition) is 5. The molecule has 0 amide bonds. The van der Waals surface area contributed by atoms with Gasteiger partial charge < -0.3 is 4.74 Å². The van der Waals surface area contributed by atoms with Gasteiger partial charge in [0.15, 0.2) is 6.23 Å². The van der Waals surface area contributed by atoms with E-state index in [0.29, 0.717) is 16.5 Å². The highest BCUT2D eigenvalue weighted by atomic mass is 79.9. The van der Waals surface area contributed by atoms with Gasteiger partial charge in [0, 0.05) is 10.0 Å². The molecule has 0 aliphatic carbocycles. The molecule has 1 aliphatic rings. The molecule has 2 rings (SSSR count). The molecule has 23 heavy (non-hydrogen) atoms. The van der Waals surface area contributed by atoms with Crippen LogP contribution in [0.15, 0.2) is 16.6 Å². The van der Waals surface area contributed by atoms with Gasteiger partial charge in [0.1, 0.15) is 11.9 Å². The maximum Gasteiger partial charge on any atom is 0.523 e. The van der Waals surface area contributed by atoms with Crippen molar-refractivity contribution in [1.29, 1.82) is 0 Å². The van der Waals surface area contributed by atoms with Crippen LogP contribution in [0.5, 0.6) is 0 Å². The number of rotatable bonds is 4. The number of hydrogen-bond donors (Lipinski definition) is 1. The Bertz CT molecular complexity index is 695. The molecule has 2 atom stereocenters. The molecule has 0 bridgehead atoms. The zero-order valence-corrected chi connectivity index (χ0v) is 14.1. The predicted octanol–water partition coefficient (Wildman–Crippen LogP) is 2.61. The molecule has 130 valence electrons. The molecule has 1 aliphatic heterocycles. The zero-order chi connectivity index (χ0) is 17.4. The quantitative estimate of drug-likeness (QED) is 0.350. The van der Waals surface area contributed by atoms with E-state index in [1.54, 1.807) is 0 Å². The van der Waals surface area contributed by atoms with Gasteiger partial charge in [-0.15, -0.1) is 0 Å². The van der Waals surface area contributed by atoms with Crippen LogP contribution in [-0.2, 0) is 25.5 Å². The summed E-state index contributed by atoms with van der Waals surface area (Å²) in [6.45, 7) is 0.0767. The minimum Gasteiger partial charge on any atom is -0.369 e. The number of likely N-dealkylation sites (N-methyl/N-ethyl adjacent to an activating group) is 1. The normalized spacial score (nSPS) is 20.2. The molecule has 2 unspecified atom stereocenters. The summed E-state index contributed by atoms with van der Waals surface area (Å²) in [5.74, 6) is -0.721. The Kier molecular flexibility index (Phi) is 5.36. The Hall–Kier alpha value is -0.750. The molecule has 1 heterocycles. The Morgan fingerprint density at radius 2 is 2.09 bits per heavy atom. The first kappa shape index (κ1) is 18.6. The van der Waals surface area contributed by atoms with Crippen molar-refractivity contribution < 1.29 is 34.9 Å². The van der Waals surface area contributed by atoms with Crippen molar-refractivity contribution in [3.63, 3.8) is 0 Å². The van der Waals surface area contributed by atoms with E-state index >= 15 is 0 Å². The third-order valence-electron chi connectivity index (χ3n) is 3.25. The van der Waals surface area contributed by atoms with Crippen LogP contribution in [0.3, 0.4) is 0 Å². The number of halogens is 5. The second-order valence-electron chi connectivity index (χ2n) is 4.67. The second-order valence-corrected chi connectivity index (χ2v) is 7.09. The molecule has 1 aromatic rings. The van der Waals surface area contributed by atoms with Crippen LogP contribution in [0.4, 0.5) is 17.6 Å². The van der Waals surface area contributed by atoms with Crippen LogP contribution >= 0.6 is 15.9 Å². The molecule has 0 fully saturated rings. The molecule has 0 radical (unpaired) electrons. The van der Waals surface area contributed by atoms with Crippen LogP contribution < -0.4 is 5.32 Å². The predicted molar refractivity (Wildman–Crippen MR) is 75.4 cm³/mol. The van der Waals surface area contributed by atoms with Gasteiger partial charge in [-0.05, 0) is 31.2 Å². The fraction of sp³-hybridized carbons (Fsp3) is 0.500. The van der Waals surface area contributed by atoms with E-state index in [1.807, 2.05) is 0 Å². The molecule has 0 spiro atoms. The van der Waals surface area contributed by atoms with Crippen molar-refractivity contribution in [2.24, 2.45) is 0 Å². The van der Waals surface area contributed by atoms with Crippen molar-refractivity contribution in [2.75, 3.05) is 13.7 Å². The summed E-state index contributed by atoms with van der Waals surface area (Å²) in [5, 5.41) is 2.28. The van der Waals surface area contributed by atoms with Crippen molar-refractivity contribution in [3.8, 4) is 0 Å². The van der Waals surface area contributed by atoms with E-state index in [4.69, 9.17) is 4.74 Å². The Morgan fingerprint density at radius 3 is 2.65 bits per heavy atom. The van der Waals surface area contributed by atoms with E-state index < -0.39 is 33.8 Å². The van der Waals surface area contributed by atoms with E-state index in [0.717, 1.165) is 6.07 Å². The molecule has 1 N–H and O–H groups in total. The monoisotopic (exact) mass is 421 g/mol. The zero-order valence-electron chi connectivity index (χ0n) is 11.7. The summed E-state index contributed by atoms with van der Waals surface area (Å²) in [6.07, 6.45) is -2.75. The Morgan fingerprint density at radius 1 is 1.43 bits per heavy atom. The summed E-state index contributed by atoms with van der Waals surface area (Å²) >= 11 is 3.23. The average Bonchev–Trinajstić information content (AvgIpc) is 2.47. The van der Waals surface area contributed by atoms with E-state index in [9.17, 15) is 26.0 Å². The average molecular weight is 422 g/mol. The molecule has 0 saturated heterocycles. The van der Waals surface area contributed by atoms with Crippen LogP contribution in [0, 0.1) is 5.82 Å². The van der Waals surface area contributed by atoms with Gasteiger partial charge in [0.25, 0.3) is 0 Å². The third-order valence-corrected chi connectivity index (χ3v) is 5.02. The molecular formula is C12H12BrF4NO4S. The van der Waals surface area contributed by atoms with Crippen molar-refractivity contribution in [1.82, 2.24) is 5.32 Å². The lowest BCUT2D eigenvalue weighted by Crippen LogP contribution is -2.43. The van der Waals surface area contributed by atoms with Crippen LogP contribution in [0.2, 0.25) is 0 Å². The Labute approximate surface area is 138 Å². The number of fused-ring (bicyclic) bond motifs is 1. The van der Waals surface area contributed by atoms with Gasteiger partial charge in [-0.1, -0.05) is 15.9 Å². The highest BCUT2D eigenvalue weighted by Gasteiger charge is 2.50. The van der Waals surface area contributed by atoms with E-state index in [-0.39, 0.29) is 12.2 Å². The van der Waals surface area contributed by atoms with E-state index in [2.05, 4.69) is 25.4 Å². The van der Waals surface area contributed by atoms with Crippen LogP contribution in [0.25, 0.3) is 0 Å². The second kappa shape index (κ2) is 6.63. The maximum atomic E-state index is 14.1. The third kappa shape index (κ3) is 3.68. The summed E-state index contributed by atoms with van der Waals surface area (Å²) < 4.78 is 83.9. The topological polar surface area (TPSA) is 64.6 Å². The van der Waals surface area contributed by atoms with Gasteiger partial charge in [-0.2, -0.15) is 21.6 Å². The van der Waals surface area contributed by atoms with Crippen molar-refractivity contribution in [2.45, 2.75) is 24.3 Å². The van der Waals surface area contributed by atoms with Crippen LogP contribution in [0.1, 0.15) is 17.2 Å². The lowest BCUT2D eigenvalue weighted by atomic mass is 9.96. The van der Waals surface area contributed by atoms with Gasteiger partial charge in [-0.25, -0.2) is 8.57 Å². The molecule has 11 heteroatoms. The minimum absolute atomic E-state index is 0.0395. The first-order valence-corrected chi connectivity index (χ1v) is 8.54. The molecule has 0 aromatic heterocycles. The largest absolute Gasteiger partial charge is 0.523 e. The first-order valence-electron chi connectivity index (χ1n) is 6.33. The summed E-state index contributed by atoms with van der Waals surface area (Å²) in [6, 6.07) is 2.56. The molecule has 0 saturated carbocycles. The number of benzene rings is 1. The summed E-state index contributed by atoms with van der Waals surface area (Å²) in [4.78, 5) is 0. The lowest BCUT2D eigenvalue weighted by molar-refractivity contribution is -0.0791. The summed E-state index contributed by atoms with van der Waals surface area (Å²) in [5.41, 5.74) is -5.13. The molecule has 5 nitrogen and oxygen atoms in total. The molecule has 1 aromatic carbocycles. The van der Waals surface area contributed by atoms with E-state index in [1.165, 1.54) is 13.1 Å². The lowest BCUT2D eigenvalue weighted by Gasteiger charge is -2.32. The fourth-order valence-corrected chi connectivity index (χ4v) is 3.35. The maximum absolute atomic E-state index is 14.1. The smallest absolute Gasteiger partial charge is 0.369 e. The van der Waals surface area contributed by atoms with Gasteiger partial charge in [-0.3, -0.25) is 5.32 Å². The number of nitrogens with one attached hydrogen (secondary N) is 1. The highest BCUT2D eigenvalue weighted by molar-refractivity contribution is 9.10. The van der Waals surface area contributed by atoms with Gasteiger partial charge in [0.05, 0.1) is 6.61 Å². The number of ether oxygens (including phenoxy) is 1. The Balaban J connectivity index is 2.41. The standard InChI is InChI=1S/C12H12BrF4NO4S/c1-18-11(22-23(19,20)12(15,16)17)10-9-6(4-5-21-10)7(13)2-3-8(9)14/h2-3,10-11,18H,4-5H2,1H3. The van der Waals surface area contributed by atoms with Crippen molar-refractivity contribution >= 4 is 26.0 Å². The highest BCUT2D eigenvalue weighted by Crippen LogP contribution is 2.37. The minimum atomic E-state index is -5.86. The van der Waals surface area contributed by atoms with Crippen molar-refractivity contribution in [3.05, 3.63) is 33.5 Å².